The molecule has 0 bridgehead atoms. The number of nitriles is 1. The van der Waals surface area contributed by atoms with E-state index in [1.54, 1.807) is 4.90 Å². The lowest BCUT2D eigenvalue weighted by Gasteiger charge is -2.36. The quantitative estimate of drug-likeness (QED) is 0.737. The average molecular weight is 234 g/mol. The first kappa shape index (κ1) is 12.4. The number of rotatable bonds is 2. The van der Waals surface area contributed by atoms with Crippen molar-refractivity contribution in [1.29, 1.82) is 5.26 Å². The molecule has 2 aliphatic carbocycles. The van der Waals surface area contributed by atoms with Gasteiger partial charge in [0.05, 0.1) is 6.07 Å². The van der Waals surface area contributed by atoms with E-state index in [4.69, 9.17) is 0 Å². The van der Waals surface area contributed by atoms with Crippen LogP contribution >= 0.6 is 0 Å². The van der Waals surface area contributed by atoms with Crippen LogP contribution in [0, 0.1) is 17.2 Å². The topological polar surface area (TPSA) is 44.1 Å². The summed E-state index contributed by atoms with van der Waals surface area (Å²) in [4.78, 5) is 14.2. The van der Waals surface area contributed by atoms with Crippen LogP contribution in [0.15, 0.2) is 0 Å². The third-order valence-corrected chi connectivity index (χ3v) is 4.57. The maximum absolute atomic E-state index is 12.4. The van der Waals surface area contributed by atoms with Crippen LogP contribution in [-0.4, -0.2) is 23.4 Å². The van der Waals surface area contributed by atoms with Gasteiger partial charge in [0.2, 0.25) is 5.91 Å². The van der Waals surface area contributed by atoms with E-state index in [1.165, 1.54) is 19.3 Å². The van der Waals surface area contributed by atoms with Gasteiger partial charge in [0.1, 0.15) is 5.54 Å². The van der Waals surface area contributed by atoms with Crippen molar-refractivity contribution in [2.45, 2.75) is 63.3 Å². The van der Waals surface area contributed by atoms with E-state index >= 15 is 0 Å². The van der Waals surface area contributed by atoms with Crippen molar-refractivity contribution >= 4 is 5.91 Å². The van der Waals surface area contributed by atoms with E-state index < -0.39 is 5.54 Å². The molecular formula is C14H22N2O. The van der Waals surface area contributed by atoms with Crippen molar-refractivity contribution in [2.24, 2.45) is 5.92 Å². The first-order chi connectivity index (χ1) is 8.19. The number of carbonyl (C=O) groups excluding carboxylic acids is 1. The Kier molecular flexibility index (Phi) is 3.71. The molecule has 2 saturated carbocycles. The van der Waals surface area contributed by atoms with Crippen molar-refractivity contribution in [3.63, 3.8) is 0 Å². The summed E-state index contributed by atoms with van der Waals surface area (Å²) >= 11 is 0. The van der Waals surface area contributed by atoms with E-state index in [-0.39, 0.29) is 11.8 Å². The molecule has 0 unspecified atom stereocenters. The van der Waals surface area contributed by atoms with E-state index in [0.717, 1.165) is 38.5 Å². The number of hydrogen-bond acceptors (Lipinski definition) is 2. The molecule has 0 aromatic carbocycles. The summed E-state index contributed by atoms with van der Waals surface area (Å²) in [6, 6.07) is 2.40. The van der Waals surface area contributed by atoms with Crippen LogP contribution in [0.5, 0.6) is 0 Å². The second-order valence-corrected chi connectivity index (χ2v) is 5.58. The maximum Gasteiger partial charge on any atom is 0.226 e. The largest absolute Gasteiger partial charge is 0.327 e. The van der Waals surface area contributed by atoms with Crippen molar-refractivity contribution < 1.29 is 4.79 Å². The molecule has 3 heteroatoms. The Bertz CT molecular complexity index is 320. The minimum atomic E-state index is -0.492. The van der Waals surface area contributed by atoms with Crippen LogP contribution in [0.1, 0.15) is 57.8 Å². The van der Waals surface area contributed by atoms with Gasteiger partial charge in [0, 0.05) is 13.0 Å². The molecular weight excluding hydrogens is 212 g/mol. The summed E-state index contributed by atoms with van der Waals surface area (Å²) in [5.41, 5.74) is -0.492. The van der Waals surface area contributed by atoms with Gasteiger partial charge in [-0.1, -0.05) is 19.3 Å². The monoisotopic (exact) mass is 234 g/mol. The Hall–Kier alpha value is -1.04. The minimum Gasteiger partial charge on any atom is -0.327 e. The third kappa shape index (κ3) is 2.31. The molecule has 0 aliphatic heterocycles. The van der Waals surface area contributed by atoms with Crippen molar-refractivity contribution in [2.75, 3.05) is 7.05 Å². The summed E-state index contributed by atoms with van der Waals surface area (Å²) in [6.07, 6.45) is 9.52. The first-order valence-corrected chi connectivity index (χ1v) is 6.88. The molecule has 0 spiro atoms. The van der Waals surface area contributed by atoms with Crippen molar-refractivity contribution in [3.05, 3.63) is 0 Å². The zero-order valence-electron chi connectivity index (χ0n) is 10.7. The molecule has 0 N–H and O–H groups in total. The standard InChI is InChI=1S/C14H22N2O/c1-16(14(11-15)9-5-6-10-14)13(17)12-7-3-2-4-8-12/h12H,2-10H2,1H3. The maximum atomic E-state index is 12.4. The molecule has 2 rings (SSSR count). The van der Waals surface area contributed by atoms with E-state index in [9.17, 15) is 10.1 Å². The lowest BCUT2D eigenvalue weighted by Crippen LogP contribution is -2.49. The molecule has 3 nitrogen and oxygen atoms in total. The lowest BCUT2D eigenvalue weighted by molar-refractivity contribution is -0.139. The first-order valence-electron chi connectivity index (χ1n) is 6.88. The fourth-order valence-corrected chi connectivity index (χ4v) is 3.32. The predicted octanol–water partition coefficient (Wildman–Crippen LogP) is 2.86. The van der Waals surface area contributed by atoms with Crippen molar-refractivity contribution in [1.82, 2.24) is 4.90 Å². The average Bonchev–Trinajstić information content (AvgIpc) is 2.88. The summed E-state index contributed by atoms with van der Waals surface area (Å²) < 4.78 is 0. The van der Waals surface area contributed by atoms with Crippen LogP contribution in [-0.2, 0) is 4.79 Å². The highest BCUT2D eigenvalue weighted by Crippen LogP contribution is 2.36. The number of carbonyl (C=O) groups is 1. The van der Waals surface area contributed by atoms with Gasteiger partial charge >= 0.3 is 0 Å². The molecule has 0 atom stereocenters. The van der Waals surface area contributed by atoms with Crippen molar-refractivity contribution in [3.8, 4) is 6.07 Å². The van der Waals surface area contributed by atoms with Gasteiger partial charge in [-0.05, 0) is 38.5 Å². The molecule has 0 aromatic rings. The van der Waals surface area contributed by atoms with E-state index in [2.05, 4.69) is 6.07 Å². The summed E-state index contributed by atoms with van der Waals surface area (Å²) in [6.45, 7) is 0. The fraction of sp³-hybridized carbons (Fsp3) is 0.857. The Morgan fingerprint density at radius 3 is 2.29 bits per heavy atom. The van der Waals surface area contributed by atoms with Crippen LogP contribution < -0.4 is 0 Å². The molecule has 94 valence electrons. The fourth-order valence-electron chi connectivity index (χ4n) is 3.32. The number of hydrogen-bond donors (Lipinski definition) is 0. The molecule has 2 fully saturated rings. The zero-order chi connectivity index (χ0) is 12.3. The second kappa shape index (κ2) is 5.08. The lowest BCUT2D eigenvalue weighted by atomic mass is 9.86. The Balaban J connectivity index is 2.05. The van der Waals surface area contributed by atoms with Gasteiger partial charge in [0.15, 0.2) is 0 Å². The highest BCUT2D eigenvalue weighted by molar-refractivity contribution is 5.80. The molecule has 2 aliphatic rings. The summed E-state index contributed by atoms with van der Waals surface area (Å²) in [5.74, 6) is 0.396. The molecule has 0 heterocycles. The van der Waals surface area contributed by atoms with E-state index in [0.29, 0.717) is 0 Å². The summed E-state index contributed by atoms with van der Waals surface area (Å²) in [5, 5.41) is 9.39. The van der Waals surface area contributed by atoms with Crippen LogP contribution in [0.2, 0.25) is 0 Å². The SMILES string of the molecule is CN(C(=O)C1CCCCC1)C1(C#N)CCCC1. The Labute approximate surface area is 104 Å². The summed E-state index contributed by atoms with van der Waals surface area (Å²) in [7, 11) is 1.84. The van der Waals surface area contributed by atoms with E-state index in [1.807, 2.05) is 7.05 Å². The minimum absolute atomic E-state index is 0.180. The Morgan fingerprint density at radius 1 is 1.18 bits per heavy atom. The Morgan fingerprint density at radius 2 is 1.76 bits per heavy atom. The van der Waals surface area contributed by atoms with Gasteiger partial charge in [0.25, 0.3) is 0 Å². The molecule has 1 amide bonds. The molecule has 0 radical (unpaired) electrons. The normalized spacial score (nSPS) is 24.2. The van der Waals surface area contributed by atoms with Gasteiger partial charge in [-0.2, -0.15) is 5.26 Å². The molecule has 0 saturated heterocycles. The van der Waals surface area contributed by atoms with Gasteiger partial charge in [-0.3, -0.25) is 4.79 Å². The third-order valence-electron chi connectivity index (χ3n) is 4.57. The van der Waals surface area contributed by atoms with Crippen LogP contribution in [0.3, 0.4) is 0 Å². The highest BCUT2D eigenvalue weighted by atomic mass is 16.2. The smallest absolute Gasteiger partial charge is 0.226 e. The number of amides is 1. The van der Waals surface area contributed by atoms with Gasteiger partial charge in [-0.25, -0.2) is 0 Å². The van der Waals surface area contributed by atoms with Crippen LogP contribution in [0.25, 0.3) is 0 Å². The second-order valence-electron chi connectivity index (χ2n) is 5.58. The zero-order valence-corrected chi connectivity index (χ0v) is 10.7. The predicted molar refractivity (Wildman–Crippen MR) is 66.2 cm³/mol. The highest BCUT2D eigenvalue weighted by Gasteiger charge is 2.42. The van der Waals surface area contributed by atoms with Gasteiger partial charge < -0.3 is 4.90 Å². The molecule has 17 heavy (non-hydrogen) atoms. The van der Waals surface area contributed by atoms with Gasteiger partial charge in [-0.15, -0.1) is 0 Å². The number of nitrogens with zero attached hydrogens (tertiary/aromatic N) is 2. The molecule has 0 aromatic heterocycles. The van der Waals surface area contributed by atoms with Crippen LogP contribution in [0.4, 0.5) is 0 Å².